The predicted molar refractivity (Wildman–Crippen MR) is 97.7 cm³/mol. The minimum absolute atomic E-state index is 0.139. The number of benzene rings is 2. The lowest BCUT2D eigenvalue weighted by atomic mass is 10.1. The molecule has 0 aliphatic carbocycles. The number of carbonyl (C=O) groups excluding carboxylic acids is 2. The first-order valence-electron chi connectivity index (χ1n) is 7.86. The van der Waals surface area contributed by atoms with Crippen molar-refractivity contribution in [1.29, 1.82) is 0 Å². The second-order valence-corrected chi connectivity index (χ2v) is 5.81. The first kappa shape index (κ1) is 16.6. The van der Waals surface area contributed by atoms with E-state index in [1.165, 1.54) is 6.92 Å². The second kappa shape index (κ2) is 6.68. The lowest BCUT2D eigenvalue weighted by Gasteiger charge is -2.08. The number of hydrogen-bond acceptors (Lipinski definition) is 4. The maximum atomic E-state index is 12.4. The maximum Gasteiger partial charge on any atom is 0.255 e. The third-order valence-corrected chi connectivity index (χ3v) is 3.80. The van der Waals surface area contributed by atoms with Gasteiger partial charge in [0.25, 0.3) is 5.91 Å². The minimum atomic E-state index is -0.228. The molecule has 0 bridgehead atoms. The van der Waals surface area contributed by atoms with Gasteiger partial charge in [-0.05, 0) is 56.3 Å². The number of amides is 2. The van der Waals surface area contributed by atoms with Crippen molar-refractivity contribution >= 4 is 34.2 Å². The molecule has 1 heterocycles. The van der Waals surface area contributed by atoms with Gasteiger partial charge in [-0.3, -0.25) is 9.59 Å². The third-order valence-electron chi connectivity index (χ3n) is 3.80. The molecule has 1 aromatic heterocycles. The molecule has 0 saturated heterocycles. The average Bonchev–Trinajstić information content (AvgIpc) is 2.57. The van der Waals surface area contributed by atoms with Gasteiger partial charge in [-0.2, -0.15) is 0 Å². The maximum absolute atomic E-state index is 12.4. The Morgan fingerprint density at radius 3 is 1.96 bits per heavy atom. The fraction of sp³-hybridized carbons (Fsp3) is 0.158. The Bertz CT molecular complexity index is 965. The van der Waals surface area contributed by atoms with Gasteiger partial charge in [-0.15, -0.1) is 0 Å². The van der Waals surface area contributed by atoms with Crippen molar-refractivity contribution < 1.29 is 9.59 Å². The largest absolute Gasteiger partial charge is 0.326 e. The van der Waals surface area contributed by atoms with Crippen LogP contribution in [0.4, 0.5) is 11.4 Å². The van der Waals surface area contributed by atoms with Gasteiger partial charge in [0.2, 0.25) is 5.91 Å². The van der Waals surface area contributed by atoms with Crippen LogP contribution in [0.3, 0.4) is 0 Å². The lowest BCUT2D eigenvalue weighted by Crippen LogP contribution is -2.12. The van der Waals surface area contributed by atoms with Crippen LogP contribution in [0.25, 0.3) is 11.0 Å². The summed E-state index contributed by atoms with van der Waals surface area (Å²) >= 11 is 0. The highest BCUT2D eigenvalue weighted by molar-refractivity contribution is 6.06. The molecule has 0 radical (unpaired) electrons. The second-order valence-electron chi connectivity index (χ2n) is 5.81. The van der Waals surface area contributed by atoms with E-state index in [0.29, 0.717) is 22.5 Å². The normalized spacial score (nSPS) is 10.5. The fourth-order valence-electron chi connectivity index (χ4n) is 2.42. The van der Waals surface area contributed by atoms with Gasteiger partial charge in [0.05, 0.1) is 22.4 Å². The number of carbonyl (C=O) groups is 2. The van der Waals surface area contributed by atoms with Crippen LogP contribution < -0.4 is 10.6 Å². The molecule has 0 spiro atoms. The predicted octanol–water partition coefficient (Wildman–Crippen LogP) is 3.46. The number of aromatic nitrogens is 2. The van der Waals surface area contributed by atoms with E-state index in [1.54, 1.807) is 42.5 Å². The molecule has 2 amide bonds. The number of aryl methyl sites for hydroxylation is 2. The third kappa shape index (κ3) is 3.80. The van der Waals surface area contributed by atoms with Crippen LogP contribution in [0.2, 0.25) is 0 Å². The van der Waals surface area contributed by atoms with E-state index in [2.05, 4.69) is 20.6 Å². The van der Waals surface area contributed by atoms with Crippen molar-refractivity contribution in [3.63, 3.8) is 0 Å². The van der Waals surface area contributed by atoms with Crippen molar-refractivity contribution in [1.82, 2.24) is 9.97 Å². The van der Waals surface area contributed by atoms with Gasteiger partial charge in [-0.1, -0.05) is 0 Å². The van der Waals surface area contributed by atoms with Crippen molar-refractivity contribution in [2.45, 2.75) is 20.8 Å². The number of nitrogens with one attached hydrogen (secondary N) is 2. The summed E-state index contributed by atoms with van der Waals surface area (Å²) in [6.45, 7) is 5.25. The zero-order valence-electron chi connectivity index (χ0n) is 14.3. The van der Waals surface area contributed by atoms with E-state index < -0.39 is 0 Å². The van der Waals surface area contributed by atoms with E-state index in [9.17, 15) is 9.59 Å². The number of anilines is 2. The van der Waals surface area contributed by atoms with Crippen molar-refractivity contribution in [3.05, 3.63) is 59.4 Å². The van der Waals surface area contributed by atoms with Crippen LogP contribution in [0.5, 0.6) is 0 Å². The summed E-state index contributed by atoms with van der Waals surface area (Å²) < 4.78 is 0. The molecular formula is C19H18N4O2. The molecule has 0 aliphatic heterocycles. The van der Waals surface area contributed by atoms with Crippen molar-refractivity contribution in [2.24, 2.45) is 0 Å². The molecule has 3 rings (SSSR count). The Hall–Kier alpha value is -3.28. The summed E-state index contributed by atoms with van der Waals surface area (Å²) in [4.78, 5) is 32.4. The highest BCUT2D eigenvalue weighted by atomic mass is 16.2. The van der Waals surface area contributed by atoms with E-state index in [-0.39, 0.29) is 11.8 Å². The summed E-state index contributed by atoms with van der Waals surface area (Å²) in [5, 5.41) is 5.51. The lowest BCUT2D eigenvalue weighted by molar-refractivity contribution is -0.114. The van der Waals surface area contributed by atoms with Crippen molar-refractivity contribution in [2.75, 3.05) is 10.6 Å². The molecule has 0 atom stereocenters. The first-order chi connectivity index (χ1) is 11.9. The van der Waals surface area contributed by atoms with Gasteiger partial charge in [-0.25, -0.2) is 9.97 Å². The molecular weight excluding hydrogens is 316 g/mol. The molecule has 2 aromatic carbocycles. The number of hydrogen-bond donors (Lipinski definition) is 2. The van der Waals surface area contributed by atoms with E-state index in [4.69, 9.17) is 0 Å². The molecule has 6 nitrogen and oxygen atoms in total. The first-order valence-corrected chi connectivity index (χ1v) is 7.86. The van der Waals surface area contributed by atoms with Crippen LogP contribution in [-0.2, 0) is 4.79 Å². The van der Waals surface area contributed by atoms with Crippen LogP contribution in [-0.4, -0.2) is 21.8 Å². The molecule has 0 saturated carbocycles. The average molecular weight is 334 g/mol. The Labute approximate surface area is 145 Å². The summed E-state index contributed by atoms with van der Waals surface area (Å²) in [5.41, 5.74) is 5.01. The van der Waals surface area contributed by atoms with Gasteiger partial charge in [0.15, 0.2) is 0 Å². The van der Waals surface area contributed by atoms with Gasteiger partial charge in [0.1, 0.15) is 0 Å². The molecule has 0 fully saturated rings. The topological polar surface area (TPSA) is 84.0 Å². The monoisotopic (exact) mass is 334 g/mol. The zero-order valence-corrected chi connectivity index (χ0v) is 14.3. The van der Waals surface area contributed by atoms with Gasteiger partial charge < -0.3 is 10.6 Å². The quantitative estimate of drug-likeness (QED) is 0.768. The molecule has 2 N–H and O–H groups in total. The van der Waals surface area contributed by atoms with Crippen LogP contribution in [0.1, 0.15) is 28.7 Å². The molecule has 0 unspecified atom stereocenters. The molecule has 25 heavy (non-hydrogen) atoms. The van der Waals surface area contributed by atoms with Crippen LogP contribution in [0, 0.1) is 13.8 Å². The van der Waals surface area contributed by atoms with E-state index in [0.717, 1.165) is 16.9 Å². The summed E-state index contributed by atoms with van der Waals surface area (Å²) in [6, 6.07) is 12.2. The SMILES string of the molecule is CC(=O)Nc1ccc(NC(=O)c2ccc3nc(C)c(C)nc3c2)cc1. The molecule has 126 valence electrons. The summed E-state index contributed by atoms with van der Waals surface area (Å²) in [7, 11) is 0. The standard InChI is InChI=1S/C19H18N4O2/c1-11-12(2)21-18-10-14(4-9-17(18)20-11)19(25)23-16-7-5-15(6-8-16)22-13(3)24/h4-10H,1-3H3,(H,22,24)(H,23,25). The van der Waals surface area contributed by atoms with E-state index in [1.807, 2.05) is 13.8 Å². The van der Waals surface area contributed by atoms with Crippen molar-refractivity contribution in [3.8, 4) is 0 Å². The molecule has 3 aromatic rings. The summed E-state index contributed by atoms with van der Waals surface area (Å²) in [6.07, 6.45) is 0. The highest BCUT2D eigenvalue weighted by Gasteiger charge is 2.09. The van der Waals surface area contributed by atoms with Gasteiger partial charge in [0, 0.05) is 23.9 Å². The Kier molecular flexibility index (Phi) is 4.43. The number of nitrogens with zero attached hydrogens (tertiary/aromatic N) is 2. The number of rotatable bonds is 3. The van der Waals surface area contributed by atoms with E-state index >= 15 is 0 Å². The molecule has 0 aliphatic rings. The molecule has 6 heteroatoms. The highest BCUT2D eigenvalue weighted by Crippen LogP contribution is 2.17. The van der Waals surface area contributed by atoms with Crippen LogP contribution in [0.15, 0.2) is 42.5 Å². The minimum Gasteiger partial charge on any atom is -0.326 e. The Morgan fingerprint density at radius 1 is 0.800 bits per heavy atom. The zero-order chi connectivity index (χ0) is 18.0. The Balaban J connectivity index is 1.79. The smallest absolute Gasteiger partial charge is 0.255 e. The van der Waals surface area contributed by atoms with Crippen LogP contribution >= 0.6 is 0 Å². The number of fused-ring (bicyclic) bond motifs is 1. The van der Waals surface area contributed by atoms with Gasteiger partial charge >= 0.3 is 0 Å². The fourth-order valence-corrected chi connectivity index (χ4v) is 2.42. The summed E-state index contributed by atoms with van der Waals surface area (Å²) in [5.74, 6) is -0.367. The Morgan fingerprint density at radius 2 is 1.36 bits per heavy atom.